The van der Waals surface area contributed by atoms with E-state index in [1.54, 1.807) is 6.92 Å². The van der Waals surface area contributed by atoms with E-state index in [1.165, 1.54) is 0 Å². The Labute approximate surface area is 90.3 Å². The van der Waals surface area contributed by atoms with Crippen LogP contribution >= 0.6 is 0 Å². The van der Waals surface area contributed by atoms with E-state index in [0.29, 0.717) is 6.42 Å². The Balaban J connectivity index is 2.43. The van der Waals surface area contributed by atoms with Crippen LogP contribution in [-0.4, -0.2) is 24.7 Å². The van der Waals surface area contributed by atoms with Crippen LogP contribution in [0.4, 0.5) is 5.69 Å². The quantitative estimate of drug-likeness (QED) is 0.805. The van der Waals surface area contributed by atoms with Crippen LogP contribution in [0.5, 0.6) is 0 Å². The molecule has 0 aliphatic heterocycles. The highest BCUT2D eigenvalue weighted by molar-refractivity contribution is 5.69. The van der Waals surface area contributed by atoms with Gasteiger partial charge in [-0.15, -0.1) is 0 Å². The topological polar surface area (TPSA) is 40.5 Å². The molecule has 1 N–H and O–H groups in total. The lowest BCUT2D eigenvalue weighted by Gasteiger charge is -2.20. The standard InChI is InChI=1S/C12H17NO2/c1-10(12(14)15)8-9-13(2)11-6-4-3-5-7-11/h3-7,10H,8-9H2,1-2H3,(H,14,15). The van der Waals surface area contributed by atoms with Gasteiger partial charge in [-0.2, -0.15) is 0 Å². The van der Waals surface area contributed by atoms with Crippen molar-refractivity contribution in [3.63, 3.8) is 0 Å². The van der Waals surface area contributed by atoms with Crippen molar-refractivity contribution in [3.8, 4) is 0 Å². The van der Waals surface area contributed by atoms with Gasteiger partial charge in [0, 0.05) is 19.3 Å². The van der Waals surface area contributed by atoms with Crippen molar-refractivity contribution in [1.82, 2.24) is 0 Å². The fourth-order valence-electron chi connectivity index (χ4n) is 1.32. The van der Waals surface area contributed by atoms with Gasteiger partial charge in [-0.05, 0) is 18.6 Å². The van der Waals surface area contributed by atoms with E-state index >= 15 is 0 Å². The summed E-state index contributed by atoms with van der Waals surface area (Å²) < 4.78 is 0. The maximum Gasteiger partial charge on any atom is 0.306 e. The minimum Gasteiger partial charge on any atom is -0.481 e. The molecule has 1 aromatic rings. The largest absolute Gasteiger partial charge is 0.481 e. The van der Waals surface area contributed by atoms with Crippen LogP contribution in [0.2, 0.25) is 0 Å². The Kier molecular flexibility index (Phi) is 4.16. The molecule has 0 heterocycles. The molecule has 82 valence electrons. The molecule has 0 aliphatic rings. The van der Waals surface area contributed by atoms with Crippen LogP contribution in [0.15, 0.2) is 30.3 Å². The molecule has 0 spiro atoms. The molecular weight excluding hydrogens is 190 g/mol. The number of benzene rings is 1. The van der Waals surface area contributed by atoms with Gasteiger partial charge >= 0.3 is 5.97 Å². The molecule has 0 bridgehead atoms. The Hall–Kier alpha value is -1.51. The van der Waals surface area contributed by atoms with Crippen molar-refractivity contribution in [2.24, 2.45) is 5.92 Å². The molecule has 0 amide bonds. The Bertz CT molecular complexity index is 311. The van der Waals surface area contributed by atoms with Crippen molar-refractivity contribution in [2.75, 3.05) is 18.5 Å². The van der Waals surface area contributed by atoms with Gasteiger partial charge in [0.1, 0.15) is 0 Å². The predicted molar refractivity (Wildman–Crippen MR) is 61.1 cm³/mol. The van der Waals surface area contributed by atoms with E-state index in [1.807, 2.05) is 37.4 Å². The van der Waals surface area contributed by atoms with Crippen LogP contribution < -0.4 is 4.90 Å². The summed E-state index contributed by atoms with van der Waals surface area (Å²) in [4.78, 5) is 12.7. The lowest BCUT2D eigenvalue weighted by molar-refractivity contribution is -0.141. The Morgan fingerprint density at radius 2 is 2.00 bits per heavy atom. The average molecular weight is 207 g/mol. The number of carboxylic acids is 1. The SMILES string of the molecule is CC(CCN(C)c1ccccc1)C(=O)O. The number of hydrogen-bond acceptors (Lipinski definition) is 2. The normalized spacial score (nSPS) is 12.1. The monoisotopic (exact) mass is 207 g/mol. The number of carboxylic acid groups (broad SMARTS) is 1. The van der Waals surface area contributed by atoms with Crippen molar-refractivity contribution >= 4 is 11.7 Å². The third kappa shape index (κ3) is 3.62. The van der Waals surface area contributed by atoms with Crippen LogP contribution in [0.25, 0.3) is 0 Å². The fourth-order valence-corrected chi connectivity index (χ4v) is 1.32. The maximum atomic E-state index is 10.6. The fraction of sp³-hybridized carbons (Fsp3) is 0.417. The molecule has 0 radical (unpaired) electrons. The van der Waals surface area contributed by atoms with Crippen LogP contribution in [0.3, 0.4) is 0 Å². The highest BCUT2D eigenvalue weighted by Crippen LogP contribution is 2.12. The molecular formula is C12H17NO2. The van der Waals surface area contributed by atoms with Crippen LogP contribution in [0, 0.1) is 5.92 Å². The first-order chi connectivity index (χ1) is 7.11. The van der Waals surface area contributed by atoms with E-state index in [0.717, 1.165) is 12.2 Å². The van der Waals surface area contributed by atoms with Crippen molar-refractivity contribution < 1.29 is 9.90 Å². The number of anilines is 1. The molecule has 0 saturated heterocycles. The van der Waals surface area contributed by atoms with Gasteiger partial charge in [-0.3, -0.25) is 4.79 Å². The first-order valence-electron chi connectivity index (χ1n) is 5.10. The highest BCUT2D eigenvalue weighted by Gasteiger charge is 2.11. The van der Waals surface area contributed by atoms with Crippen molar-refractivity contribution in [3.05, 3.63) is 30.3 Å². The Morgan fingerprint density at radius 3 is 2.53 bits per heavy atom. The second-order valence-electron chi connectivity index (χ2n) is 3.79. The van der Waals surface area contributed by atoms with Gasteiger partial charge in [-0.25, -0.2) is 0 Å². The first-order valence-corrected chi connectivity index (χ1v) is 5.10. The zero-order valence-corrected chi connectivity index (χ0v) is 9.18. The van der Waals surface area contributed by atoms with E-state index in [-0.39, 0.29) is 5.92 Å². The van der Waals surface area contributed by atoms with Gasteiger partial charge in [0.2, 0.25) is 0 Å². The summed E-state index contributed by atoms with van der Waals surface area (Å²) in [7, 11) is 1.98. The molecule has 3 nitrogen and oxygen atoms in total. The number of hydrogen-bond donors (Lipinski definition) is 1. The summed E-state index contributed by atoms with van der Waals surface area (Å²) in [5, 5.41) is 8.75. The highest BCUT2D eigenvalue weighted by atomic mass is 16.4. The summed E-state index contributed by atoms with van der Waals surface area (Å²) in [5.74, 6) is -1.01. The minimum atomic E-state index is -0.725. The third-order valence-electron chi connectivity index (χ3n) is 2.52. The number of para-hydroxylation sites is 1. The van der Waals surface area contributed by atoms with E-state index in [2.05, 4.69) is 4.90 Å². The van der Waals surface area contributed by atoms with Crippen LogP contribution in [-0.2, 0) is 4.79 Å². The van der Waals surface area contributed by atoms with Gasteiger partial charge in [0.15, 0.2) is 0 Å². The molecule has 1 rings (SSSR count). The summed E-state index contributed by atoms with van der Waals surface area (Å²) in [6, 6.07) is 9.97. The molecule has 0 aromatic heterocycles. The lowest BCUT2D eigenvalue weighted by atomic mass is 10.1. The summed E-state index contributed by atoms with van der Waals surface area (Å²) in [6.07, 6.45) is 0.667. The van der Waals surface area contributed by atoms with Gasteiger partial charge < -0.3 is 10.0 Å². The zero-order valence-electron chi connectivity index (χ0n) is 9.18. The number of aliphatic carboxylic acids is 1. The smallest absolute Gasteiger partial charge is 0.306 e. The lowest BCUT2D eigenvalue weighted by Crippen LogP contribution is -2.22. The van der Waals surface area contributed by atoms with E-state index in [4.69, 9.17) is 5.11 Å². The van der Waals surface area contributed by atoms with E-state index in [9.17, 15) is 4.79 Å². The second-order valence-corrected chi connectivity index (χ2v) is 3.79. The molecule has 1 aromatic carbocycles. The van der Waals surface area contributed by atoms with E-state index < -0.39 is 5.97 Å². The summed E-state index contributed by atoms with van der Waals surface area (Å²) >= 11 is 0. The predicted octanol–water partition coefficient (Wildman–Crippen LogP) is 2.23. The van der Waals surface area contributed by atoms with Gasteiger partial charge in [-0.1, -0.05) is 25.1 Å². The second kappa shape index (κ2) is 5.39. The van der Waals surface area contributed by atoms with Crippen LogP contribution in [0.1, 0.15) is 13.3 Å². The number of carbonyl (C=O) groups is 1. The Morgan fingerprint density at radius 1 is 1.40 bits per heavy atom. The molecule has 1 atom stereocenters. The van der Waals surface area contributed by atoms with Crippen molar-refractivity contribution in [2.45, 2.75) is 13.3 Å². The number of nitrogens with zero attached hydrogens (tertiary/aromatic N) is 1. The average Bonchev–Trinajstić information content (AvgIpc) is 2.26. The minimum absolute atomic E-state index is 0.281. The van der Waals surface area contributed by atoms with Gasteiger partial charge in [0.05, 0.1) is 5.92 Å². The van der Waals surface area contributed by atoms with Gasteiger partial charge in [0.25, 0.3) is 0 Å². The molecule has 0 fully saturated rings. The zero-order chi connectivity index (χ0) is 11.3. The molecule has 15 heavy (non-hydrogen) atoms. The maximum absolute atomic E-state index is 10.6. The molecule has 0 saturated carbocycles. The molecule has 1 unspecified atom stereocenters. The summed E-state index contributed by atoms with van der Waals surface area (Å²) in [6.45, 7) is 2.50. The molecule has 3 heteroatoms. The number of rotatable bonds is 5. The molecule has 0 aliphatic carbocycles. The van der Waals surface area contributed by atoms with Crippen molar-refractivity contribution in [1.29, 1.82) is 0 Å². The first kappa shape index (κ1) is 11.6. The third-order valence-corrected chi connectivity index (χ3v) is 2.52. The summed E-state index contributed by atoms with van der Waals surface area (Å²) in [5.41, 5.74) is 1.12.